The highest BCUT2D eigenvalue weighted by Crippen LogP contribution is 2.38. The summed E-state index contributed by atoms with van der Waals surface area (Å²) in [5.41, 5.74) is 0. The molecule has 0 spiro atoms. The van der Waals surface area contributed by atoms with Crippen molar-refractivity contribution in [3.63, 3.8) is 0 Å². The number of ether oxygens (including phenoxy) is 5. The van der Waals surface area contributed by atoms with E-state index < -0.39 is 143 Å². The van der Waals surface area contributed by atoms with Gasteiger partial charge < -0.3 is 90.3 Å². The monoisotopic (exact) mass is 638 g/mol. The smallest absolute Gasteiger partial charge is 0.364 e. The zero-order valence-corrected chi connectivity index (χ0v) is 22.0. The van der Waals surface area contributed by atoms with Gasteiger partial charge in [-0.2, -0.15) is 0 Å². The molecular formula is C23H39NO19. The second-order valence-electron chi connectivity index (χ2n) is 9.95. The van der Waals surface area contributed by atoms with Crippen LogP contribution in [-0.4, -0.2) is 191 Å². The molecule has 0 bridgehead atoms. The topological polar surface area (TPSA) is 335 Å². The Balaban J connectivity index is 2.07. The van der Waals surface area contributed by atoms with Crippen LogP contribution in [0.25, 0.3) is 0 Å². The molecule has 20 heteroatoms. The first-order valence-electron chi connectivity index (χ1n) is 15.2. The summed E-state index contributed by atoms with van der Waals surface area (Å²) in [4.78, 5) is 25.1. The molecule has 3 heterocycles. The Hall–Kier alpha value is -1.70. The lowest BCUT2D eigenvalue weighted by Crippen LogP contribution is -2.70. The minimum absolute atomic E-state index is 0.961. The van der Waals surface area contributed by atoms with E-state index in [1.54, 1.807) is 5.32 Å². The normalized spacial score (nSPS) is 48.4. The molecule has 3 aliphatic heterocycles. The number of hydrogen-bond acceptors (Lipinski definition) is 18. The van der Waals surface area contributed by atoms with Gasteiger partial charge in [-0.3, -0.25) is 4.79 Å². The summed E-state index contributed by atoms with van der Waals surface area (Å²) in [6.45, 7) is -6.81. The molecule has 250 valence electrons. The highest BCUT2D eigenvalue weighted by molar-refractivity contribution is 5.76. The number of hydrogen-bond donors (Lipinski definition) is 13. The first-order chi connectivity index (χ1) is 22.1. The predicted octanol–water partition coefficient (Wildman–Crippen LogP) is -8.22. The van der Waals surface area contributed by atoms with Crippen molar-refractivity contribution in [1.29, 1.82) is 0 Å². The molecule has 0 radical (unpaired) electrons. The zero-order valence-electron chi connectivity index (χ0n) is 27.0. The molecule has 20 nitrogen and oxygen atoms in total. The van der Waals surface area contributed by atoms with Gasteiger partial charge in [0.1, 0.15) is 67.1 Å². The van der Waals surface area contributed by atoms with Gasteiger partial charge in [-0.25, -0.2) is 4.79 Å². The van der Waals surface area contributed by atoms with E-state index in [1.807, 2.05) is 0 Å². The van der Waals surface area contributed by atoms with E-state index in [9.17, 15) is 70.9 Å². The molecule has 43 heavy (non-hydrogen) atoms. The third-order valence-corrected chi connectivity index (χ3v) is 7.09. The van der Waals surface area contributed by atoms with Gasteiger partial charge in [-0.15, -0.1) is 0 Å². The summed E-state index contributed by atoms with van der Waals surface area (Å²) >= 11 is 0. The number of rotatable bonds is 11. The summed E-state index contributed by atoms with van der Waals surface area (Å²) in [5, 5.41) is 125. The SMILES string of the molecule is [2H]C([2H])([2H])C(=O)NC1[C@H]([C@H](O)[C@H](O)CO)O[C@@](O[C@H]2[C@@H](O)[C@@H](CO)O[C@@H](O[C@H]3[C@H](O)[C@@H](O)[C@H](O)O[C@@H]3CO)[C@@H]2O)(C(=O)O)C([2H])([2H])[C@@H]1O. The Bertz CT molecular complexity index is 1120. The van der Waals surface area contributed by atoms with Gasteiger partial charge in [0, 0.05) is 20.1 Å². The van der Waals surface area contributed by atoms with E-state index in [4.69, 9.17) is 30.5 Å². The average Bonchev–Trinajstić information content (AvgIpc) is 3.02. The standard InChI is InChI=1S/C23H39NO19/c1-6(28)24-11-7(29)2-23(22(37)38,42-18(11)12(31)8(30)3-25)43-19-13(32)9(4-26)40-21(16(19)35)41-17-10(5-27)39-20(36)15(34)14(17)33/h7-21,25-27,29-36H,2-5H2,1H3,(H,24,28)(H,37,38)/t7-,8+,9+,10+,11?,12+,13-,14+,15+,16+,17+,18+,19-,20+,21-,23-/m0/s1/i1D3,2D2. The lowest BCUT2D eigenvalue weighted by atomic mass is 9.88. The van der Waals surface area contributed by atoms with E-state index in [0.717, 1.165) is 0 Å². The van der Waals surface area contributed by atoms with Crippen LogP contribution in [0, 0.1) is 0 Å². The van der Waals surface area contributed by atoms with Crippen LogP contribution in [0.2, 0.25) is 0 Å². The Morgan fingerprint density at radius 3 is 2.19 bits per heavy atom. The van der Waals surface area contributed by atoms with Gasteiger partial charge in [0.25, 0.3) is 5.79 Å². The van der Waals surface area contributed by atoms with Gasteiger partial charge in [-0.1, -0.05) is 0 Å². The fourth-order valence-electron chi connectivity index (χ4n) is 4.80. The van der Waals surface area contributed by atoms with Crippen molar-refractivity contribution in [2.75, 3.05) is 19.8 Å². The van der Waals surface area contributed by atoms with Crippen molar-refractivity contribution in [3.05, 3.63) is 0 Å². The molecule has 1 unspecified atom stereocenters. The van der Waals surface area contributed by atoms with Gasteiger partial charge in [-0.05, 0) is 0 Å². The number of aliphatic carboxylic acids is 1. The Labute approximate surface area is 250 Å². The number of carbonyl (C=O) groups is 2. The Morgan fingerprint density at radius 1 is 0.977 bits per heavy atom. The Morgan fingerprint density at radius 2 is 1.63 bits per heavy atom. The van der Waals surface area contributed by atoms with Crippen molar-refractivity contribution in [3.8, 4) is 0 Å². The predicted molar refractivity (Wildman–Crippen MR) is 130 cm³/mol. The number of carboxylic acid groups (broad SMARTS) is 1. The van der Waals surface area contributed by atoms with Crippen LogP contribution in [0.4, 0.5) is 0 Å². The number of amides is 1. The lowest BCUT2D eigenvalue weighted by molar-refractivity contribution is -0.385. The minimum Gasteiger partial charge on any atom is -0.477 e. The van der Waals surface area contributed by atoms with Crippen LogP contribution in [0.3, 0.4) is 0 Å². The second kappa shape index (κ2) is 14.6. The van der Waals surface area contributed by atoms with Gasteiger partial charge in [0.05, 0.1) is 32.0 Å². The summed E-state index contributed by atoms with van der Waals surface area (Å²) in [5.74, 6) is -8.27. The third kappa shape index (κ3) is 7.41. The van der Waals surface area contributed by atoms with Crippen molar-refractivity contribution in [2.24, 2.45) is 0 Å². The molecule has 16 atom stereocenters. The Kier molecular flexibility index (Phi) is 9.76. The van der Waals surface area contributed by atoms with Crippen molar-refractivity contribution >= 4 is 11.9 Å². The number of aliphatic hydroxyl groups is 11. The summed E-state index contributed by atoms with van der Waals surface area (Å²) in [6.07, 6.45) is -34.8. The third-order valence-electron chi connectivity index (χ3n) is 7.09. The summed E-state index contributed by atoms with van der Waals surface area (Å²) in [6, 6.07) is -2.36. The van der Waals surface area contributed by atoms with E-state index in [-0.39, 0.29) is 0 Å². The molecule has 1 amide bonds. The molecule has 0 saturated carbocycles. The fraction of sp³-hybridized carbons (Fsp3) is 0.913. The van der Waals surface area contributed by atoms with Crippen LogP contribution in [-0.2, 0) is 33.3 Å². The zero-order chi connectivity index (χ0) is 36.7. The largest absolute Gasteiger partial charge is 0.477 e. The number of nitrogens with one attached hydrogen (secondary N) is 1. The second-order valence-corrected chi connectivity index (χ2v) is 9.95. The van der Waals surface area contributed by atoms with E-state index >= 15 is 0 Å². The molecule has 0 aromatic carbocycles. The van der Waals surface area contributed by atoms with Gasteiger partial charge in [0.15, 0.2) is 12.6 Å². The van der Waals surface area contributed by atoms with Gasteiger partial charge >= 0.3 is 5.97 Å². The highest BCUT2D eigenvalue weighted by Gasteiger charge is 2.60. The van der Waals surface area contributed by atoms with Crippen LogP contribution in [0.15, 0.2) is 0 Å². The average molecular weight is 639 g/mol. The van der Waals surface area contributed by atoms with Crippen LogP contribution in [0.1, 0.15) is 20.1 Å². The maximum absolute atomic E-state index is 12.8. The maximum atomic E-state index is 12.8. The molecular weight excluding hydrogens is 594 g/mol. The minimum atomic E-state index is -3.95. The fourth-order valence-corrected chi connectivity index (χ4v) is 4.80. The summed E-state index contributed by atoms with van der Waals surface area (Å²) < 4.78 is 65.0. The molecule has 0 aliphatic carbocycles. The molecule has 3 saturated heterocycles. The first-order valence-corrected chi connectivity index (χ1v) is 12.7. The molecule has 0 aromatic heterocycles. The number of aliphatic hydroxyl groups excluding tert-OH is 11. The molecule has 3 fully saturated rings. The first kappa shape index (κ1) is 28.8. The van der Waals surface area contributed by atoms with E-state index in [1.165, 1.54) is 0 Å². The van der Waals surface area contributed by atoms with Crippen LogP contribution in [0.5, 0.6) is 0 Å². The van der Waals surface area contributed by atoms with Crippen LogP contribution >= 0.6 is 0 Å². The van der Waals surface area contributed by atoms with Gasteiger partial charge in [0.2, 0.25) is 5.91 Å². The quantitative estimate of drug-likeness (QED) is 0.0998. The maximum Gasteiger partial charge on any atom is 0.364 e. The molecule has 0 aromatic rings. The number of carboxylic acids is 1. The van der Waals surface area contributed by atoms with Crippen molar-refractivity contribution in [1.82, 2.24) is 5.32 Å². The van der Waals surface area contributed by atoms with Crippen LogP contribution < -0.4 is 5.32 Å². The van der Waals surface area contributed by atoms with Crippen molar-refractivity contribution in [2.45, 2.75) is 111 Å². The molecule has 3 rings (SSSR count). The molecule has 3 aliphatic rings. The number of carbonyl (C=O) groups excluding carboxylic acids is 1. The molecule has 13 N–H and O–H groups in total. The lowest BCUT2D eigenvalue weighted by Gasteiger charge is -2.50. The highest BCUT2D eigenvalue weighted by atomic mass is 16.8. The van der Waals surface area contributed by atoms with Crippen molar-refractivity contribution < 1.29 is 101 Å². The summed E-state index contributed by atoms with van der Waals surface area (Å²) in [7, 11) is 0. The van der Waals surface area contributed by atoms with E-state index in [0.29, 0.717) is 0 Å². The van der Waals surface area contributed by atoms with E-state index in [2.05, 4.69) is 0 Å².